The smallest absolute Gasteiger partial charge is 0.0713 e. The number of benzene rings is 7. The van der Waals surface area contributed by atoms with Gasteiger partial charge in [-0.05, 0) is 79.2 Å². The Bertz CT molecular complexity index is 2120. The second-order valence-electron chi connectivity index (χ2n) is 11.2. The van der Waals surface area contributed by atoms with E-state index in [2.05, 4.69) is 158 Å². The quantitative estimate of drug-likeness (QED) is 0.211. The third kappa shape index (κ3) is 3.20. The molecule has 7 aromatic carbocycles. The molecule has 0 spiro atoms. The zero-order valence-electron chi connectivity index (χ0n) is 22.9. The molecule has 7 aromatic rings. The Morgan fingerprint density at radius 3 is 1.83 bits per heavy atom. The number of hydrogen-bond acceptors (Lipinski definition) is 1. The van der Waals surface area contributed by atoms with Gasteiger partial charge in [-0.2, -0.15) is 0 Å². The van der Waals surface area contributed by atoms with E-state index < -0.39 is 0 Å². The Labute approximate surface area is 250 Å². The molecule has 2 aliphatic rings. The van der Waals surface area contributed by atoms with Gasteiger partial charge >= 0.3 is 0 Å². The fraction of sp³-hybridized carbons (Fsp3) is 0.0244. The lowest BCUT2D eigenvalue weighted by Crippen LogP contribution is -2.28. The SMILES string of the molecule is c1ccc(C2(c3ccccc3)c3ccccc3-c3cc(-c4ccc5cccc6c5c4-c4ccccc4S6)ccc32)cc1. The topological polar surface area (TPSA) is 0 Å². The summed E-state index contributed by atoms with van der Waals surface area (Å²) in [5.74, 6) is 0. The van der Waals surface area contributed by atoms with Crippen molar-refractivity contribution in [3.05, 3.63) is 180 Å². The van der Waals surface area contributed by atoms with Gasteiger partial charge in [0.1, 0.15) is 0 Å². The molecule has 196 valence electrons. The molecule has 0 N–H and O–H groups in total. The molecule has 0 unspecified atom stereocenters. The lowest BCUT2D eigenvalue weighted by Gasteiger charge is -2.34. The van der Waals surface area contributed by atoms with E-state index in [9.17, 15) is 0 Å². The van der Waals surface area contributed by atoms with E-state index in [1.54, 1.807) is 0 Å². The summed E-state index contributed by atoms with van der Waals surface area (Å²) in [6.07, 6.45) is 0. The van der Waals surface area contributed by atoms with E-state index in [0.717, 1.165) is 0 Å². The van der Waals surface area contributed by atoms with Gasteiger partial charge in [0.25, 0.3) is 0 Å². The van der Waals surface area contributed by atoms with Crippen LogP contribution in [0.15, 0.2) is 168 Å². The Morgan fingerprint density at radius 2 is 1.05 bits per heavy atom. The van der Waals surface area contributed by atoms with Crippen LogP contribution in [-0.2, 0) is 5.41 Å². The van der Waals surface area contributed by atoms with Crippen molar-refractivity contribution in [1.29, 1.82) is 0 Å². The highest BCUT2D eigenvalue weighted by Crippen LogP contribution is 2.57. The molecule has 0 nitrogen and oxygen atoms in total. The maximum Gasteiger partial charge on any atom is 0.0713 e. The number of rotatable bonds is 3. The van der Waals surface area contributed by atoms with E-state index in [1.807, 2.05) is 11.8 Å². The van der Waals surface area contributed by atoms with Crippen molar-refractivity contribution in [3.63, 3.8) is 0 Å². The van der Waals surface area contributed by atoms with Gasteiger partial charge in [0, 0.05) is 15.2 Å². The largest absolute Gasteiger partial charge is 0.0888 e. The summed E-state index contributed by atoms with van der Waals surface area (Å²) in [4.78, 5) is 2.66. The normalized spacial score (nSPS) is 13.8. The first kappa shape index (κ1) is 23.8. The molecule has 1 heterocycles. The highest BCUT2D eigenvalue weighted by atomic mass is 32.2. The molecule has 0 atom stereocenters. The van der Waals surface area contributed by atoms with Crippen molar-refractivity contribution in [1.82, 2.24) is 0 Å². The van der Waals surface area contributed by atoms with Crippen LogP contribution >= 0.6 is 11.8 Å². The lowest BCUT2D eigenvalue weighted by atomic mass is 9.67. The Balaban J connectivity index is 1.35. The van der Waals surface area contributed by atoms with Crippen molar-refractivity contribution >= 4 is 22.5 Å². The average molecular weight is 551 g/mol. The predicted molar refractivity (Wildman–Crippen MR) is 176 cm³/mol. The van der Waals surface area contributed by atoms with Gasteiger partial charge in [-0.15, -0.1) is 0 Å². The third-order valence-electron chi connectivity index (χ3n) is 9.15. The second-order valence-corrected chi connectivity index (χ2v) is 12.3. The van der Waals surface area contributed by atoms with Gasteiger partial charge in [0.2, 0.25) is 0 Å². The highest BCUT2D eigenvalue weighted by Gasteiger charge is 2.46. The second kappa shape index (κ2) is 9.08. The first-order valence-electron chi connectivity index (χ1n) is 14.5. The summed E-state index contributed by atoms with van der Waals surface area (Å²) in [7, 11) is 0. The van der Waals surface area contributed by atoms with Crippen LogP contribution in [-0.4, -0.2) is 0 Å². The fourth-order valence-corrected chi connectivity index (χ4v) is 8.58. The fourth-order valence-electron chi connectivity index (χ4n) is 7.45. The molecule has 0 aromatic heterocycles. The van der Waals surface area contributed by atoms with Gasteiger partial charge in [0.15, 0.2) is 0 Å². The maximum atomic E-state index is 2.45. The summed E-state index contributed by atoms with van der Waals surface area (Å²) >= 11 is 1.88. The first-order valence-corrected chi connectivity index (χ1v) is 15.3. The molecule has 0 saturated heterocycles. The highest BCUT2D eigenvalue weighted by molar-refractivity contribution is 7.99. The van der Waals surface area contributed by atoms with Crippen molar-refractivity contribution < 1.29 is 0 Å². The summed E-state index contributed by atoms with van der Waals surface area (Å²) in [6, 6.07) is 58.5. The minimum atomic E-state index is -0.374. The van der Waals surface area contributed by atoms with E-state index in [1.165, 1.54) is 76.2 Å². The standard InChI is InChI=1S/C41H26S/c1-3-13-29(14-4-1)41(30-15-5-2-6-16-30)35-19-9-7-17-32(35)34-26-28(23-25-36(34)41)31-24-22-27-12-11-21-38-39(27)40(31)33-18-8-10-20-37(33)42-38/h1-26H. The lowest BCUT2D eigenvalue weighted by molar-refractivity contribution is 0.768. The van der Waals surface area contributed by atoms with Crippen LogP contribution in [0, 0.1) is 0 Å². The van der Waals surface area contributed by atoms with Crippen LogP contribution < -0.4 is 0 Å². The van der Waals surface area contributed by atoms with Gasteiger partial charge in [-0.25, -0.2) is 0 Å². The summed E-state index contributed by atoms with van der Waals surface area (Å²) in [5, 5.41) is 2.66. The van der Waals surface area contributed by atoms with E-state index in [-0.39, 0.29) is 5.41 Å². The average Bonchev–Trinajstić information content (AvgIpc) is 3.36. The monoisotopic (exact) mass is 550 g/mol. The van der Waals surface area contributed by atoms with Crippen molar-refractivity contribution in [2.24, 2.45) is 0 Å². The third-order valence-corrected chi connectivity index (χ3v) is 10.3. The Hall–Kier alpha value is -4.85. The van der Waals surface area contributed by atoms with Crippen LogP contribution in [0.2, 0.25) is 0 Å². The van der Waals surface area contributed by atoms with Crippen molar-refractivity contribution in [2.75, 3.05) is 0 Å². The molecular formula is C41H26S. The predicted octanol–water partition coefficient (Wildman–Crippen LogP) is 11.0. The summed E-state index contributed by atoms with van der Waals surface area (Å²) < 4.78 is 0. The Kier molecular flexibility index (Phi) is 5.15. The minimum Gasteiger partial charge on any atom is -0.0888 e. The Morgan fingerprint density at radius 1 is 0.405 bits per heavy atom. The van der Waals surface area contributed by atoms with Gasteiger partial charge in [0.05, 0.1) is 5.41 Å². The minimum absolute atomic E-state index is 0.374. The molecule has 0 bridgehead atoms. The van der Waals surface area contributed by atoms with Crippen LogP contribution in [0.4, 0.5) is 0 Å². The van der Waals surface area contributed by atoms with Crippen molar-refractivity contribution in [2.45, 2.75) is 15.2 Å². The van der Waals surface area contributed by atoms with E-state index in [4.69, 9.17) is 0 Å². The summed E-state index contributed by atoms with van der Waals surface area (Å²) in [6.45, 7) is 0. The van der Waals surface area contributed by atoms with Crippen LogP contribution in [0.1, 0.15) is 22.3 Å². The number of hydrogen-bond donors (Lipinski definition) is 0. The van der Waals surface area contributed by atoms with Gasteiger partial charge in [-0.3, -0.25) is 0 Å². The van der Waals surface area contributed by atoms with Crippen LogP contribution in [0.25, 0.3) is 44.2 Å². The molecule has 1 heteroatoms. The van der Waals surface area contributed by atoms with E-state index in [0.29, 0.717) is 0 Å². The van der Waals surface area contributed by atoms with Gasteiger partial charge in [-0.1, -0.05) is 151 Å². The molecule has 0 radical (unpaired) electrons. The molecule has 0 fully saturated rings. The molecular weight excluding hydrogens is 525 g/mol. The molecule has 0 saturated carbocycles. The maximum absolute atomic E-state index is 2.45. The number of fused-ring (bicyclic) bond motifs is 5. The van der Waals surface area contributed by atoms with Crippen LogP contribution in [0.3, 0.4) is 0 Å². The summed E-state index contributed by atoms with van der Waals surface area (Å²) in [5.41, 5.74) is 12.8. The van der Waals surface area contributed by atoms with Crippen molar-refractivity contribution in [3.8, 4) is 33.4 Å². The first-order chi connectivity index (χ1) is 20.8. The van der Waals surface area contributed by atoms with Gasteiger partial charge < -0.3 is 0 Å². The zero-order valence-corrected chi connectivity index (χ0v) is 23.7. The molecule has 1 aliphatic heterocycles. The molecule has 0 amide bonds. The van der Waals surface area contributed by atoms with E-state index >= 15 is 0 Å². The molecule has 42 heavy (non-hydrogen) atoms. The van der Waals surface area contributed by atoms with Crippen LogP contribution in [0.5, 0.6) is 0 Å². The molecule has 9 rings (SSSR count). The zero-order chi connectivity index (χ0) is 27.7. The molecule has 1 aliphatic carbocycles.